The van der Waals surface area contributed by atoms with E-state index in [4.69, 9.17) is 0 Å². The van der Waals surface area contributed by atoms with Gasteiger partial charge in [-0.05, 0) is 46.2 Å². The van der Waals surface area contributed by atoms with E-state index < -0.39 is 0 Å². The second-order valence-electron chi connectivity index (χ2n) is 6.91. The smallest absolute Gasteiger partial charge is 0.0202 e. The first-order valence-electron chi connectivity index (χ1n) is 7.50. The van der Waals surface area contributed by atoms with E-state index in [1.165, 1.54) is 44.1 Å². The van der Waals surface area contributed by atoms with Crippen molar-refractivity contribution >= 4 is 0 Å². The summed E-state index contributed by atoms with van der Waals surface area (Å²) < 4.78 is 0. The summed E-state index contributed by atoms with van der Waals surface area (Å²) in [5.41, 5.74) is 1.49. The largest absolute Gasteiger partial charge is 0.308 e. The summed E-state index contributed by atoms with van der Waals surface area (Å²) in [4.78, 5) is 2.51. The summed E-state index contributed by atoms with van der Waals surface area (Å²) in [7, 11) is 2.26. The van der Waals surface area contributed by atoms with Gasteiger partial charge in [0.1, 0.15) is 0 Å². The first-order chi connectivity index (χ1) is 8.38. The second-order valence-corrected chi connectivity index (χ2v) is 6.91. The predicted octanol–water partition coefficient (Wildman–Crippen LogP) is 3.59. The molecule has 0 amide bonds. The number of hydrogen-bond donors (Lipinski definition) is 1. The van der Waals surface area contributed by atoms with Crippen LogP contribution in [0.15, 0.2) is 12.2 Å². The molecule has 106 valence electrons. The minimum atomic E-state index is 0.184. The first kappa shape index (κ1) is 15.7. The van der Waals surface area contributed by atoms with Crippen molar-refractivity contribution < 1.29 is 0 Å². The molecule has 1 N–H and O–H groups in total. The molecule has 18 heavy (non-hydrogen) atoms. The molecule has 0 aromatic rings. The molecule has 0 unspecified atom stereocenters. The lowest BCUT2D eigenvalue weighted by Gasteiger charge is -2.29. The van der Waals surface area contributed by atoms with E-state index in [1.54, 1.807) is 0 Å². The molecule has 0 saturated heterocycles. The monoisotopic (exact) mass is 252 g/mol. The quantitative estimate of drug-likeness (QED) is 0.594. The Morgan fingerprint density at radius 3 is 2.22 bits per heavy atom. The molecule has 1 saturated carbocycles. The highest BCUT2D eigenvalue weighted by Gasteiger charge is 2.17. The Bertz CT molecular complexity index is 244. The summed E-state index contributed by atoms with van der Waals surface area (Å²) in [5, 5.41) is 3.52. The summed E-state index contributed by atoms with van der Waals surface area (Å²) >= 11 is 0. The molecule has 0 aromatic carbocycles. The average molecular weight is 252 g/mol. The van der Waals surface area contributed by atoms with Gasteiger partial charge in [0.05, 0.1) is 0 Å². The Morgan fingerprint density at radius 2 is 1.72 bits per heavy atom. The van der Waals surface area contributed by atoms with Gasteiger partial charge in [0, 0.05) is 24.7 Å². The number of nitrogens with zero attached hydrogens (tertiary/aromatic N) is 1. The number of hydrogen-bond acceptors (Lipinski definition) is 2. The Morgan fingerprint density at radius 1 is 1.17 bits per heavy atom. The van der Waals surface area contributed by atoms with Crippen LogP contribution in [0.5, 0.6) is 0 Å². The third kappa shape index (κ3) is 6.55. The van der Waals surface area contributed by atoms with Gasteiger partial charge in [-0.1, -0.05) is 32.3 Å². The molecule has 0 aromatic heterocycles. The van der Waals surface area contributed by atoms with Crippen LogP contribution in [0.2, 0.25) is 0 Å². The summed E-state index contributed by atoms with van der Waals surface area (Å²) in [5.74, 6) is 0. The number of nitrogens with one attached hydrogen (secondary N) is 1. The Kier molecular flexibility index (Phi) is 6.37. The molecule has 0 aliphatic heterocycles. The lowest BCUT2D eigenvalue weighted by molar-refractivity contribution is 0.236. The Balaban J connectivity index is 2.29. The molecular weight excluding hydrogens is 220 g/mol. The van der Waals surface area contributed by atoms with Gasteiger partial charge in [-0.3, -0.25) is 4.90 Å². The van der Waals surface area contributed by atoms with E-state index >= 15 is 0 Å². The van der Waals surface area contributed by atoms with E-state index in [1.807, 2.05) is 0 Å². The van der Waals surface area contributed by atoms with Crippen LogP contribution in [0.3, 0.4) is 0 Å². The van der Waals surface area contributed by atoms with Crippen LogP contribution in [0.25, 0.3) is 0 Å². The standard InChI is InChI=1S/C16H32N2/c1-14(12-17-16(2,3)4)13-18(5)15-10-8-6-7-9-11-15/h15,17H,1,6-13H2,2-5H3. The van der Waals surface area contributed by atoms with Crippen molar-refractivity contribution in [2.24, 2.45) is 0 Å². The summed E-state index contributed by atoms with van der Waals surface area (Å²) in [6.07, 6.45) is 8.41. The topological polar surface area (TPSA) is 15.3 Å². The first-order valence-corrected chi connectivity index (χ1v) is 7.50. The number of likely N-dealkylation sites (N-methyl/N-ethyl adjacent to an activating group) is 1. The molecule has 0 atom stereocenters. The van der Waals surface area contributed by atoms with E-state index in [9.17, 15) is 0 Å². The van der Waals surface area contributed by atoms with E-state index in [0.717, 1.165) is 19.1 Å². The van der Waals surface area contributed by atoms with Crippen molar-refractivity contribution in [1.29, 1.82) is 0 Å². The molecule has 1 fully saturated rings. The van der Waals surface area contributed by atoms with Gasteiger partial charge in [-0.2, -0.15) is 0 Å². The fraction of sp³-hybridized carbons (Fsp3) is 0.875. The van der Waals surface area contributed by atoms with E-state index in [2.05, 4.69) is 44.6 Å². The lowest BCUT2D eigenvalue weighted by atomic mass is 10.1. The highest BCUT2D eigenvalue weighted by atomic mass is 15.1. The zero-order chi connectivity index (χ0) is 13.6. The molecule has 1 aliphatic carbocycles. The normalized spacial score (nSPS) is 18.9. The van der Waals surface area contributed by atoms with Crippen molar-refractivity contribution in [2.45, 2.75) is 70.9 Å². The Hall–Kier alpha value is -0.340. The van der Waals surface area contributed by atoms with Crippen LogP contribution in [0, 0.1) is 0 Å². The van der Waals surface area contributed by atoms with Gasteiger partial charge >= 0.3 is 0 Å². The highest BCUT2D eigenvalue weighted by molar-refractivity contribution is 5.01. The fourth-order valence-electron chi connectivity index (χ4n) is 2.63. The van der Waals surface area contributed by atoms with Crippen LogP contribution in [-0.4, -0.2) is 36.6 Å². The molecular formula is C16H32N2. The van der Waals surface area contributed by atoms with Crippen molar-refractivity contribution in [3.8, 4) is 0 Å². The van der Waals surface area contributed by atoms with Gasteiger partial charge in [-0.25, -0.2) is 0 Å². The molecule has 0 heterocycles. The number of rotatable bonds is 5. The predicted molar refractivity (Wildman–Crippen MR) is 81.0 cm³/mol. The zero-order valence-corrected chi connectivity index (χ0v) is 12.9. The van der Waals surface area contributed by atoms with Gasteiger partial charge in [0.15, 0.2) is 0 Å². The van der Waals surface area contributed by atoms with Crippen molar-refractivity contribution in [3.05, 3.63) is 12.2 Å². The van der Waals surface area contributed by atoms with Gasteiger partial charge in [0.25, 0.3) is 0 Å². The van der Waals surface area contributed by atoms with Crippen LogP contribution in [0.1, 0.15) is 59.3 Å². The maximum absolute atomic E-state index is 4.21. The molecule has 0 radical (unpaired) electrons. The van der Waals surface area contributed by atoms with Crippen molar-refractivity contribution in [2.75, 3.05) is 20.1 Å². The third-order valence-corrected chi connectivity index (χ3v) is 3.79. The molecule has 2 heteroatoms. The third-order valence-electron chi connectivity index (χ3n) is 3.79. The van der Waals surface area contributed by atoms with E-state index in [-0.39, 0.29) is 5.54 Å². The molecule has 1 aliphatic rings. The molecule has 0 bridgehead atoms. The van der Waals surface area contributed by atoms with Crippen molar-refractivity contribution in [3.63, 3.8) is 0 Å². The van der Waals surface area contributed by atoms with Gasteiger partial charge in [-0.15, -0.1) is 0 Å². The maximum atomic E-state index is 4.21. The lowest BCUT2D eigenvalue weighted by Crippen LogP contribution is -2.40. The van der Waals surface area contributed by atoms with Crippen LogP contribution in [-0.2, 0) is 0 Å². The average Bonchev–Trinajstić information content (AvgIpc) is 2.54. The second kappa shape index (κ2) is 7.30. The highest BCUT2D eigenvalue weighted by Crippen LogP contribution is 2.21. The van der Waals surface area contributed by atoms with E-state index in [0.29, 0.717) is 0 Å². The fourth-order valence-corrected chi connectivity index (χ4v) is 2.63. The van der Waals surface area contributed by atoms with Crippen LogP contribution in [0.4, 0.5) is 0 Å². The SMILES string of the molecule is C=C(CNC(C)(C)C)CN(C)C1CCCCCC1. The molecule has 2 nitrogen and oxygen atoms in total. The minimum absolute atomic E-state index is 0.184. The molecule has 0 spiro atoms. The molecule has 1 rings (SSSR count). The minimum Gasteiger partial charge on any atom is -0.308 e. The van der Waals surface area contributed by atoms with Gasteiger partial charge in [0.2, 0.25) is 0 Å². The Labute approximate surface area is 114 Å². The van der Waals surface area contributed by atoms with Gasteiger partial charge < -0.3 is 5.32 Å². The van der Waals surface area contributed by atoms with Crippen LogP contribution < -0.4 is 5.32 Å². The summed E-state index contributed by atoms with van der Waals surface area (Å²) in [6, 6.07) is 0.777. The summed E-state index contributed by atoms with van der Waals surface area (Å²) in [6.45, 7) is 12.8. The van der Waals surface area contributed by atoms with Crippen molar-refractivity contribution in [1.82, 2.24) is 10.2 Å². The maximum Gasteiger partial charge on any atom is 0.0202 e. The van der Waals surface area contributed by atoms with Crippen LogP contribution >= 0.6 is 0 Å². The zero-order valence-electron chi connectivity index (χ0n) is 12.9.